The first kappa shape index (κ1) is 13.4. The number of hydrogen-bond acceptors (Lipinski definition) is 2. The molecular weight excluding hydrogens is 223 g/mol. The predicted molar refractivity (Wildman–Crippen MR) is 63.1 cm³/mol. The van der Waals surface area contributed by atoms with Crippen LogP contribution in [0.2, 0.25) is 0 Å². The molecule has 0 aliphatic carbocycles. The van der Waals surface area contributed by atoms with E-state index in [4.69, 9.17) is 0 Å². The van der Waals surface area contributed by atoms with Gasteiger partial charge in [0, 0.05) is 14.1 Å². The van der Waals surface area contributed by atoms with E-state index in [0.29, 0.717) is 5.56 Å². The van der Waals surface area contributed by atoms with Crippen molar-refractivity contribution in [3.8, 4) is 0 Å². The molecule has 0 aliphatic heterocycles. The number of hydrogen-bond donors (Lipinski definition) is 2. The number of nitrogens with one attached hydrogen (secondary N) is 1. The topological polar surface area (TPSA) is 52.6 Å². The highest BCUT2D eigenvalue weighted by molar-refractivity contribution is 5.73. The number of halogens is 1. The van der Waals surface area contributed by atoms with E-state index in [1.54, 1.807) is 21.0 Å². The van der Waals surface area contributed by atoms with Crippen molar-refractivity contribution in [2.24, 2.45) is 0 Å². The normalized spacial score (nSPS) is 13.9. The Balaban J connectivity index is 2.68. The fourth-order valence-corrected chi connectivity index (χ4v) is 1.32. The monoisotopic (exact) mass is 240 g/mol. The van der Waals surface area contributed by atoms with E-state index in [1.807, 2.05) is 0 Å². The van der Waals surface area contributed by atoms with Gasteiger partial charge in [0.15, 0.2) is 0 Å². The van der Waals surface area contributed by atoms with Gasteiger partial charge in [-0.2, -0.15) is 0 Å². The first-order chi connectivity index (χ1) is 7.83. The minimum atomic E-state index is -1.22. The van der Waals surface area contributed by atoms with Crippen LogP contribution in [0.15, 0.2) is 24.3 Å². The average molecular weight is 240 g/mol. The summed E-state index contributed by atoms with van der Waals surface area (Å²) in [7, 11) is 3.23. The van der Waals surface area contributed by atoms with Crippen molar-refractivity contribution in [2.45, 2.75) is 12.5 Å². The van der Waals surface area contributed by atoms with E-state index in [9.17, 15) is 14.3 Å². The van der Waals surface area contributed by atoms with E-state index < -0.39 is 5.60 Å². The molecule has 1 rings (SSSR count). The Morgan fingerprint density at radius 3 is 2.41 bits per heavy atom. The fourth-order valence-electron chi connectivity index (χ4n) is 1.32. The van der Waals surface area contributed by atoms with Gasteiger partial charge < -0.3 is 15.3 Å². The largest absolute Gasteiger partial charge is 0.384 e. The highest BCUT2D eigenvalue weighted by atomic mass is 19.1. The lowest BCUT2D eigenvalue weighted by atomic mass is 9.96. The summed E-state index contributed by atoms with van der Waals surface area (Å²) in [5.74, 6) is -0.359. The van der Waals surface area contributed by atoms with Gasteiger partial charge in [-0.05, 0) is 24.6 Å². The van der Waals surface area contributed by atoms with Crippen LogP contribution in [0.25, 0.3) is 0 Å². The zero-order valence-corrected chi connectivity index (χ0v) is 10.2. The minimum absolute atomic E-state index is 0.0651. The second kappa shape index (κ2) is 5.14. The number of aliphatic hydroxyl groups is 1. The third-order valence-electron chi connectivity index (χ3n) is 2.46. The van der Waals surface area contributed by atoms with Crippen molar-refractivity contribution >= 4 is 6.03 Å². The highest BCUT2D eigenvalue weighted by Crippen LogP contribution is 2.19. The lowest BCUT2D eigenvalue weighted by Gasteiger charge is -2.25. The molecule has 1 unspecified atom stereocenters. The second-order valence-electron chi connectivity index (χ2n) is 4.33. The maximum atomic E-state index is 12.7. The Kier molecular flexibility index (Phi) is 4.07. The van der Waals surface area contributed by atoms with Gasteiger partial charge in [-0.1, -0.05) is 12.1 Å². The molecule has 0 aliphatic rings. The smallest absolute Gasteiger partial charge is 0.316 e. The number of amides is 2. The van der Waals surface area contributed by atoms with Crippen LogP contribution in [-0.2, 0) is 5.60 Å². The Morgan fingerprint density at radius 2 is 1.94 bits per heavy atom. The highest BCUT2D eigenvalue weighted by Gasteiger charge is 2.24. The third kappa shape index (κ3) is 3.71. The molecule has 2 amide bonds. The second-order valence-corrected chi connectivity index (χ2v) is 4.33. The Morgan fingerprint density at radius 1 is 1.41 bits per heavy atom. The molecule has 0 saturated carbocycles. The standard InChI is InChI=1S/C12H17FN2O2/c1-12(17,8-14-11(16)15(2)3)9-4-6-10(13)7-5-9/h4-7,17H,8H2,1-3H3,(H,14,16). The van der Waals surface area contributed by atoms with Crippen LogP contribution in [-0.4, -0.2) is 36.7 Å². The lowest BCUT2D eigenvalue weighted by Crippen LogP contribution is -2.42. The molecule has 0 bridgehead atoms. The van der Waals surface area contributed by atoms with Crippen LogP contribution in [0, 0.1) is 5.82 Å². The summed E-state index contributed by atoms with van der Waals surface area (Å²) in [6.07, 6.45) is 0. The van der Waals surface area contributed by atoms with Crippen molar-refractivity contribution in [2.75, 3.05) is 20.6 Å². The van der Waals surface area contributed by atoms with Gasteiger partial charge >= 0.3 is 6.03 Å². The number of carbonyl (C=O) groups excluding carboxylic acids is 1. The van der Waals surface area contributed by atoms with Gasteiger partial charge in [0.05, 0.1) is 6.54 Å². The van der Waals surface area contributed by atoms with Gasteiger partial charge in [0.2, 0.25) is 0 Å². The molecule has 0 saturated heterocycles. The van der Waals surface area contributed by atoms with Crippen molar-refractivity contribution in [3.63, 3.8) is 0 Å². The first-order valence-corrected chi connectivity index (χ1v) is 5.26. The van der Waals surface area contributed by atoms with Crippen LogP contribution in [0.4, 0.5) is 9.18 Å². The third-order valence-corrected chi connectivity index (χ3v) is 2.46. The van der Waals surface area contributed by atoms with Crippen molar-refractivity contribution < 1.29 is 14.3 Å². The van der Waals surface area contributed by atoms with Crippen molar-refractivity contribution in [1.82, 2.24) is 10.2 Å². The predicted octanol–water partition coefficient (Wildman–Crippen LogP) is 1.30. The van der Waals surface area contributed by atoms with Crippen LogP contribution in [0.3, 0.4) is 0 Å². The van der Waals surface area contributed by atoms with Gasteiger partial charge in [-0.15, -0.1) is 0 Å². The SMILES string of the molecule is CN(C)C(=O)NCC(C)(O)c1ccc(F)cc1. The summed E-state index contributed by atoms with van der Waals surface area (Å²) in [6, 6.07) is 5.26. The molecule has 0 aromatic heterocycles. The summed E-state index contributed by atoms with van der Waals surface area (Å²) >= 11 is 0. The van der Waals surface area contributed by atoms with E-state index in [2.05, 4.69) is 5.32 Å². The molecule has 1 aromatic rings. The van der Waals surface area contributed by atoms with Crippen LogP contribution in [0.1, 0.15) is 12.5 Å². The summed E-state index contributed by atoms with van der Waals surface area (Å²) in [4.78, 5) is 12.7. The maximum absolute atomic E-state index is 12.7. The molecule has 5 heteroatoms. The van der Waals surface area contributed by atoms with E-state index >= 15 is 0 Å². The number of urea groups is 1. The van der Waals surface area contributed by atoms with Crippen molar-refractivity contribution in [1.29, 1.82) is 0 Å². The zero-order valence-electron chi connectivity index (χ0n) is 10.2. The Hall–Kier alpha value is -1.62. The van der Waals surface area contributed by atoms with E-state index in [0.717, 1.165) is 0 Å². The molecule has 94 valence electrons. The Labute approximate surface area is 100 Å². The summed E-state index contributed by atoms with van der Waals surface area (Å²) in [5, 5.41) is 12.7. The molecule has 1 atom stereocenters. The molecule has 4 nitrogen and oxygen atoms in total. The molecule has 0 fully saturated rings. The maximum Gasteiger partial charge on any atom is 0.316 e. The Bertz CT molecular complexity index is 388. The average Bonchev–Trinajstić information content (AvgIpc) is 2.26. The molecule has 0 spiro atoms. The molecule has 0 radical (unpaired) electrons. The van der Waals surface area contributed by atoms with Crippen LogP contribution >= 0.6 is 0 Å². The molecule has 17 heavy (non-hydrogen) atoms. The fraction of sp³-hybridized carbons (Fsp3) is 0.417. The quantitative estimate of drug-likeness (QED) is 0.836. The van der Waals surface area contributed by atoms with Crippen molar-refractivity contribution in [3.05, 3.63) is 35.6 Å². The van der Waals surface area contributed by atoms with Gasteiger partial charge in [0.25, 0.3) is 0 Å². The van der Waals surface area contributed by atoms with E-state index in [-0.39, 0.29) is 18.4 Å². The van der Waals surface area contributed by atoms with Gasteiger partial charge in [-0.3, -0.25) is 0 Å². The minimum Gasteiger partial charge on any atom is -0.384 e. The van der Waals surface area contributed by atoms with Crippen LogP contribution in [0.5, 0.6) is 0 Å². The zero-order chi connectivity index (χ0) is 13.1. The van der Waals surface area contributed by atoms with E-state index in [1.165, 1.54) is 29.2 Å². The molecule has 1 aromatic carbocycles. The van der Waals surface area contributed by atoms with Gasteiger partial charge in [-0.25, -0.2) is 9.18 Å². The first-order valence-electron chi connectivity index (χ1n) is 5.26. The summed E-state index contributed by atoms with van der Waals surface area (Å²) in [5.41, 5.74) is -0.669. The number of carbonyl (C=O) groups is 1. The lowest BCUT2D eigenvalue weighted by molar-refractivity contribution is 0.0582. The van der Waals surface area contributed by atoms with Crippen LogP contribution < -0.4 is 5.32 Å². The summed E-state index contributed by atoms with van der Waals surface area (Å²) < 4.78 is 12.7. The molecular formula is C12H17FN2O2. The number of nitrogens with zero attached hydrogens (tertiary/aromatic N) is 1. The number of rotatable bonds is 3. The number of benzene rings is 1. The summed E-state index contributed by atoms with van der Waals surface area (Å²) in [6.45, 7) is 1.63. The molecule has 0 heterocycles. The van der Waals surface area contributed by atoms with Gasteiger partial charge in [0.1, 0.15) is 11.4 Å². The molecule has 2 N–H and O–H groups in total.